The molecule has 2 saturated heterocycles. The summed E-state index contributed by atoms with van der Waals surface area (Å²) in [6.45, 7) is 2.83. The molecule has 1 aromatic rings. The minimum Gasteiger partial charge on any atom is -0.504 e. The van der Waals surface area contributed by atoms with Crippen molar-refractivity contribution >= 4 is 18.3 Å². The molecule has 1 amide bonds. The lowest BCUT2D eigenvalue weighted by molar-refractivity contribution is -0.200. The molecule has 2 saturated carbocycles. The summed E-state index contributed by atoms with van der Waals surface area (Å²) in [6, 6.07) is 3.87. The highest BCUT2D eigenvalue weighted by atomic mass is 35.5. The van der Waals surface area contributed by atoms with Crippen LogP contribution in [0.1, 0.15) is 56.1 Å². The Labute approximate surface area is 189 Å². The van der Waals surface area contributed by atoms with Crippen molar-refractivity contribution in [2.75, 3.05) is 19.6 Å². The summed E-state index contributed by atoms with van der Waals surface area (Å²) in [7, 11) is 0. The maximum Gasteiger partial charge on any atom is 0.223 e. The molecule has 31 heavy (non-hydrogen) atoms. The van der Waals surface area contributed by atoms with E-state index < -0.39 is 11.0 Å². The fraction of sp³-hybridized carbons (Fsp3) is 0.708. The van der Waals surface area contributed by atoms with E-state index in [1.807, 2.05) is 11.0 Å². The molecule has 0 radical (unpaired) electrons. The normalized spacial score (nSPS) is 40.4. The Morgan fingerprint density at radius 1 is 1.16 bits per heavy atom. The van der Waals surface area contributed by atoms with E-state index in [0.717, 1.165) is 56.8 Å². The first kappa shape index (κ1) is 20.1. The van der Waals surface area contributed by atoms with Gasteiger partial charge in [0.15, 0.2) is 11.5 Å². The van der Waals surface area contributed by atoms with Crippen LogP contribution in [0.3, 0.4) is 0 Å². The summed E-state index contributed by atoms with van der Waals surface area (Å²) >= 11 is 0. The standard InChI is InChI=1S/C24H30N2O4.ClH/c27-17-6-5-15-12-18-24(29)8-7-16(26-10-1-2-19(26)28)22-23(24,20(15)21(17)30-22)9-11-25(18)13-14-3-4-14;/h5-6,14,16,18,22,27,29H,1-4,7-13H2;1H/t16-,18+,22+,23-,24+;/m0./s1. The molecule has 6 nitrogen and oxygen atoms in total. The van der Waals surface area contributed by atoms with Gasteiger partial charge in [-0.3, -0.25) is 9.69 Å². The first-order valence-electron chi connectivity index (χ1n) is 11.8. The number of halogens is 1. The van der Waals surface area contributed by atoms with Crippen molar-refractivity contribution in [3.8, 4) is 11.5 Å². The fourth-order valence-electron chi connectivity index (χ4n) is 7.79. The van der Waals surface area contributed by atoms with Crippen LogP contribution in [0.5, 0.6) is 11.5 Å². The van der Waals surface area contributed by atoms with Crippen molar-refractivity contribution in [2.24, 2.45) is 5.92 Å². The summed E-state index contributed by atoms with van der Waals surface area (Å²) in [5, 5.41) is 23.1. The van der Waals surface area contributed by atoms with E-state index in [2.05, 4.69) is 4.90 Å². The van der Waals surface area contributed by atoms with E-state index >= 15 is 0 Å². The molecule has 0 unspecified atom stereocenters. The molecule has 3 aliphatic carbocycles. The highest BCUT2D eigenvalue weighted by molar-refractivity contribution is 5.85. The molecule has 6 aliphatic rings. The van der Waals surface area contributed by atoms with Crippen LogP contribution in [-0.2, 0) is 16.6 Å². The zero-order valence-electron chi connectivity index (χ0n) is 17.8. The molecule has 0 aromatic heterocycles. The van der Waals surface area contributed by atoms with Gasteiger partial charge in [-0.2, -0.15) is 0 Å². The Morgan fingerprint density at radius 2 is 2.00 bits per heavy atom. The molecule has 3 aliphatic heterocycles. The SMILES string of the molecule is Cl.O=C1CCCN1[C@H]1CC[C@@]2(O)[C@H]3Cc4ccc(O)c5c4[C@@]2(CCN3CC2CC2)[C@@H]1O5. The van der Waals surface area contributed by atoms with E-state index in [1.54, 1.807) is 6.07 Å². The quantitative estimate of drug-likeness (QED) is 0.745. The number of nitrogens with zero attached hydrogens (tertiary/aromatic N) is 2. The van der Waals surface area contributed by atoms with Gasteiger partial charge < -0.3 is 19.8 Å². The summed E-state index contributed by atoms with van der Waals surface area (Å²) in [5.74, 6) is 1.74. The number of carbonyl (C=O) groups is 1. The van der Waals surface area contributed by atoms with Gasteiger partial charge >= 0.3 is 0 Å². The Balaban J connectivity index is 0.00000185. The molecule has 1 spiro atoms. The summed E-state index contributed by atoms with van der Waals surface area (Å²) in [4.78, 5) is 17.2. The monoisotopic (exact) mass is 446 g/mol. The van der Waals surface area contributed by atoms with Gasteiger partial charge in [-0.25, -0.2) is 0 Å². The van der Waals surface area contributed by atoms with Crippen molar-refractivity contribution in [2.45, 2.75) is 80.6 Å². The predicted octanol–water partition coefficient (Wildman–Crippen LogP) is 2.37. The number of ether oxygens (including phenoxy) is 1. The highest BCUT2D eigenvalue weighted by Gasteiger charge is 2.73. The zero-order valence-corrected chi connectivity index (χ0v) is 18.6. The molecule has 7 heteroatoms. The van der Waals surface area contributed by atoms with E-state index in [0.29, 0.717) is 18.6 Å². The van der Waals surface area contributed by atoms with Gasteiger partial charge in [-0.15, -0.1) is 12.4 Å². The first-order chi connectivity index (χ1) is 14.5. The molecular formula is C24H31ClN2O4. The van der Waals surface area contributed by atoms with E-state index in [-0.39, 0.29) is 42.3 Å². The van der Waals surface area contributed by atoms with Gasteiger partial charge in [0.2, 0.25) is 5.91 Å². The smallest absolute Gasteiger partial charge is 0.223 e. The highest BCUT2D eigenvalue weighted by Crippen LogP contribution is 2.66. The Hall–Kier alpha value is -1.50. The van der Waals surface area contributed by atoms with Gasteiger partial charge in [0.05, 0.1) is 17.1 Å². The number of phenols is 1. The number of phenolic OH excluding ortho intramolecular Hbond substituents is 1. The second kappa shape index (κ2) is 6.52. The van der Waals surface area contributed by atoms with Gasteiger partial charge in [0, 0.05) is 31.1 Å². The molecule has 2 N–H and O–H groups in total. The number of carbonyl (C=O) groups excluding carboxylic acids is 1. The Morgan fingerprint density at radius 3 is 2.74 bits per heavy atom. The lowest BCUT2D eigenvalue weighted by Crippen LogP contribution is -2.78. The number of benzene rings is 1. The Bertz CT molecular complexity index is 952. The number of aliphatic hydroxyl groups is 1. The third-order valence-electron chi connectivity index (χ3n) is 9.24. The molecule has 168 valence electrons. The second-order valence-electron chi connectivity index (χ2n) is 10.6. The maximum absolute atomic E-state index is 12.6. The van der Waals surface area contributed by atoms with Crippen LogP contribution in [0.15, 0.2) is 12.1 Å². The number of piperidine rings is 1. The minimum absolute atomic E-state index is 0. The largest absolute Gasteiger partial charge is 0.504 e. The minimum atomic E-state index is -0.865. The van der Waals surface area contributed by atoms with Crippen LogP contribution in [0.2, 0.25) is 0 Å². The van der Waals surface area contributed by atoms with Crippen LogP contribution in [-0.4, -0.2) is 69.3 Å². The molecule has 3 heterocycles. The number of rotatable bonds is 3. The van der Waals surface area contributed by atoms with E-state index in [4.69, 9.17) is 4.74 Å². The zero-order chi connectivity index (χ0) is 20.3. The van der Waals surface area contributed by atoms with Gasteiger partial charge in [0.25, 0.3) is 0 Å². The lowest BCUT2D eigenvalue weighted by Gasteiger charge is -2.64. The third kappa shape index (κ3) is 2.39. The number of amides is 1. The first-order valence-corrected chi connectivity index (χ1v) is 11.8. The van der Waals surface area contributed by atoms with Gasteiger partial charge in [-0.05, 0) is 69.0 Å². The topological polar surface area (TPSA) is 73.2 Å². The summed E-state index contributed by atoms with van der Waals surface area (Å²) in [6.07, 6.45) is 6.98. The predicted molar refractivity (Wildman–Crippen MR) is 117 cm³/mol. The van der Waals surface area contributed by atoms with E-state index in [9.17, 15) is 15.0 Å². The molecule has 7 rings (SSSR count). The average Bonchev–Trinajstić information content (AvgIpc) is 3.32. The van der Waals surface area contributed by atoms with E-state index in [1.165, 1.54) is 18.4 Å². The van der Waals surface area contributed by atoms with Crippen LogP contribution >= 0.6 is 12.4 Å². The summed E-state index contributed by atoms with van der Waals surface area (Å²) < 4.78 is 6.55. The number of hydrogen-bond acceptors (Lipinski definition) is 5. The second-order valence-corrected chi connectivity index (χ2v) is 10.6. The number of aromatic hydroxyl groups is 1. The van der Waals surface area contributed by atoms with Crippen molar-refractivity contribution < 1.29 is 19.7 Å². The fourth-order valence-corrected chi connectivity index (χ4v) is 7.79. The summed E-state index contributed by atoms with van der Waals surface area (Å²) in [5.41, 5.74) is 0.879. The van der Waals surface area contributed by atoms with Crippen LogP contribution in [0, 0.1) is 5.92 Å². The number of likely N-dealkylation sites (tertiary alicyclic amines) is 2. The van der Waals surface area contributed by atoms with Crippen molar-refractivity contribution in [1.82, 2.24) is 9.80 Å². The lowest BCUT2D eigenvalue weighted by atomic mass is 9.48. The van der Waals surface area contributed by atoms with Crippen molar-refractivity contribution in [3.05, 3.63) is 23.3 Å². The van der Waals surface area contributed by atoms with Crippen LogP contribution < -0.4 is 4.74 Å². The maximum atomic E-state index is 12.6. The molecular weight excluding hydrogens is 416 g/mol. The van der Waals surface area contributed by atoms with Crippen molar-refractivity contribution in [1.29, 1.82) is 0 Å². The van der Waals surface area contributed by atoms with Gasteiger partial charge in [-0.1, -0.05) is 6.07 Å². The van der Waals surface area contributed by atoms with Crippen molar-refractivity contribution in [3.63, 3.8) is 0 Å². The molecule has 5 atom stereocenters. The molecule has 1 aromatic carbocycles. The average molecular weight is 447 g/mol. The Kier molecular flexibility index (Phi) is 4.23. The van der Waals surface area contributed by atoms with Crippen LogP contribution in [0.4, 0.5) is 0 Å². The molecule has 4 fully saturated rings. The number of hydrogen-bond donors (Lipinski definition) is 2. The van der Waals surface area contributed by atoms with Crippen LogP contribution in [0.25, 0.3) is 0 Å². The third-order valence-corrected chi connectivity index (χ3v) is 9.24. The van der Waals surface area contributed by atoms with Gasteiger partial charge in [0.1, 0.15) is 6.10 Å². The molecule has 2 bridgehead atoms.